The molecule has 1 heterocycles. The number of hydrogen-bond donors (Lipinski definition) is 2. The Bertz CT molecular complexity index is 608. The number of benzene rings is 1. The van der Waals surface area contributed by atoms with Crippen LogP contribution in [0.5, 0.6) is 0 Å². The number of nitrogens with one attached hydrogen (secondary N) is 2. The number of aliphatic imine (C=N–C) groups is 1. The maximum Gasteiger partial charge on any atom is 0.191 e. The van der Waals surface area contributed by atoms with Crippen LogP contribution in [0.25, 0.3) is 0 Å². The van der Waals surface area contributed by atoms with Crippen molar-refractivity contribution in [2.45, 2.75) is 39.2 Å². The van der Waals surface area contributed by atoms with Crippen LogP contribution in [0, 0.1) is 5.82 Å². The van der Waals surface area contributed by atoms with E-state index >= 15 is 0 Å². The number of piperazine rings is 1. The third kappa shape index (κ3) is 6.47. The highest BCUT2D eigenvalue weighted by Gasteiger charge is 2.23. The van der Waals surface area contributed by atoms with Crippen molar-refractivity contribution in [2.24, 2.45) is 4.99 Å². The van der Waals surface area contributed by atoms with Crippen molar-refractivity contribution in [3.05, 3.63) is 35.6 Å². The summed E-state index contributed by atoms with van der Waals surface area (Å²) in [7, 11) is 1.79. The van der Waals surface area contributed by atoms with E-state index in [-0.39, 0.29) is 11.2 Å². The molecule has 1 atom stereocenters. The molecule has 1 aromatic rings. The third-order valence-electron chi connectivity index (χ3n) is 5.57. The predicted octanol–water partition coefficient (Wildman–Crippen LogP) is 2.29. The molecule has 0 aromatic heterocycles. The zero-order valence-corrected chi connectivity index (χ0v) is 17.6. The van der Waals surface area contributed by atoms with E-state index in [1.807, 2.05) is 6.07 Å². The van der Waals surface area contributed by atoms with E-state index in [1.54, 1.807) is 19.2 Å². The number of hydrogen-bond acceptors (Lipinski definition) is 3. The van der Waals surface area contributed by atoms with Gasteiger partial charge in [-0.25, -0.2) is 4.39 Å². The highest BCUT2D eigenvalue weighted by atomic mass is 19.1. The minimum atomic E-state index is -0.194. The Balaban J connectivity index is 1.80. The lowest BCUT2D eigenvalue weighted by Gasteiger charge is -2.37. The van der Waals surface area contributed by atoms with Crippen molar-refractivity contribution in [2.75, 3.05) is 52.9 Å². The van der Waals surface area contributed by atoms with E-state index in [1.165, 1.54) is 6.07 Å². The van der Waals surface area contributed by atoms with Crippen molar-refractivity contribution in [1.82, 2.24) is 20.4 Å². The average Bonchev–Trinajstić information content (AvgIpc) is 2.68. The number of halogens is 1. The van der Waals surface area contributed by atoms with Gasteiger partial charge in [0.05, 0.1) is 0 Å². The first kappa shape index (κ1) is 21.6. The van der Waals surface area contributed by atoms with Gasteiger partial charge in [0.25, 0.3) is 0 Å². The quantitative estimate of drug-likeness (QED) is 0.565. The summed E-state index contributed by atoms with van der Waals surface area (Å²) in [4.78, 5) is 9.36. The summed E-state index contributed by atoms with van der Waals surface area (Å²) in [5, 5.41) is 6.83. The lowest BCUT2D eigenvalue weighted by atomic mass is 9.84. The van der Waals surface area contributed by atoms with E-state index < -0.39 is 0 Å². The molecule has 0 aliphatic carbocycles. The first-order valence-electron chi connectivity index (χ1n) is 10.0. The fourth-order valence-corrected chi connectivity index (χ4v) is 3.43. The normalized spacial score (nSPS) is 18.4. The van der Waals surface area contributed by atoms with Gasteiger partial charge in [0, 0.05) is 57.8 Å². The summed E-state index contributed by atoms with van der Waals surface area (Å²) in [5.41, 5.74) is 0.787. The molecular formula is C21H36FN5. The second-order valence-corrected chi connectivity index (χ2v) is 8.02. The molecule has 27 heavy (non-hydrogen) atoms. The third-order valence-corrected chi connectivity index (χ3v) is 5.57. The molecule has 0 spiro atoms. The van der Waals surface area contributed by atoms with Crippen molar-refractivity contribution in [1.29, 1.82) is 0 Å². The van der Waals surface area contributed by atoms with Gasteiger partial charge in [0.2, 0.25) is 0 Å². The fraction of sp³-hybridized carbons (Fsp3) is 0.667. The molecule has 152 valence electrons. The van der Waals surface area contributed by atoms with Crippen LogP contribution in [0.4, 0.5) is 4.39 Å². The summed E-state index contributed by atoms with van der Waals surface area (Å²) in [6.45, 7) is 15.9. The van der Waals surface area contributed by atoms with Gasteiger partial charge in [-0.3, -0.25) is 9.89 Å². The van der Waals surface area contributed by atoms with Crippen LogP contribution in [0.2, 0.25) is 0 Å². The van der Waals surface area contributed by atoms with Gasteiger partial charge < -0.3 is 15.5 Å². The zero-order valence-electron chi connectivity index (χ0n) is 17.6. The Morgan fingerprint density at radius 3 is 2.52 bits per heavy atom. The number of nitrogens with zero attached hydrogens (tertiary/aromatic N) is 3. The van der Waals surface area contributed by atoms with Gasteiger partial charge in [-0.15, -0.1) is 0 Å². The molecule has 0 amide bonds. The maximum atomic E-state index is 13.5. The van der Waals surface area contributed by atoms with Crippen LogP contribution in [0.15, 0.2) is 29.3 Å². The largest absolute Gasteiger partial charge is 0.356 e. The Morgan fingerprint density at radius 2 is 1.93 bits per heavy atom. The fourth-order valence-electron chi connectivity index (χ4n) is 3.43. The van der Waals surface area contributed by atoms with E-state index in [4.69, 9.17) is 0 Å². The molecule has 1 fully saturated rings. The van der Waals surface area contributed by atoms with Gasteiger partial charge in [0.15, 0.2) is 5.96 Å². The Labute approximate surface area is 164 Å². The van der Waals surface area contributed by atoms with Gasteiger partial charge in [-0.2, -0.15) is 0 Å². The minimum Gasteiger partial charge on any atom is -0.356 e. The van der Waals surface area contributed by atoms with E-state index in [9.17, 15) is 4.39 Å². The van der Waals surface area contributed by atoms with Crippen molar-refractivity contribution in [3.8, 4) is 0 Å². The standard InChI is InChI=1S/C21H36FN5/c1-6-26-10-12-27(13-11-26)17(2)15-24-20(23-5)25-16-21(3,4)18-8-7-9-19(22)14-18/h7-9,14,17H,6,10-13,15-16H2,1-5H3,(H2,23,24,25). The first-order chi connectivity index (χ1) is 12.9. The molecule has 2 N–H and O–H groups in total. The number of rotatable bonds is 7. The molecule has 1 aliphatic heterocycles. The van der Waals surface area contributed by atoms with Crippen LogP contribution in [-0.4, -0.2) is 74.7 Å². The summed E-state index contributed by atoms with van der Waals surface area (Å²) in [6.07, 6.45) is 0. The number of guanidine groups is 1. The second-order valence-electron chi connectivity index (χ2n) is 8.02. The zero-order chi connectivity index (χ0) is 19.9. The predicted molar refractivity (Wildman–Crippen MR) is 112 cm³/mol. The molecule has 0 radical (unpaired) electrons. The van der Waals surface area contributed by atoms with Crippen LogP contribution in [0.1, 0.15) is 33.3 Å². The molecular weight excluding hydrogens is 341 g/mol. The Morgan fingerprint density at radius 1 is 1.22 bits per heavy atom. The van der Waals surface area contributed by atoms with E-state index in [0.717, 1.165) is 50.8 Å². The van der Waals surface area contributed by atoms with Crippen LogP contribution in [0.3, 0.4) is 0 Å². The summed E-state index contributed by atoms with van der Waals surface area (Å²) >= 11 is 0. The van der Waals surface area contributed by atoms with Gasteiger partial charge >= 0.3 is 0 Å². The first-order valence-corrected chi connectivity index (χ1v) is 10.0. The topological polar surface area (TPSA) is 42.9 Å². The van der Waals surface area contributed by atoms with Crippen molar-refractivity contribution >= 4 is 5.96 Å². The highest BCUT2D eigenvalue weighted by molar-refractivity contribution is 5.79. The number of likely N-dealkylation sites (N-methyl/N-ethyl adjacent to an activating group) is 1. The van der Waals surface area contributed by atoms with Crippen molar-refractivity contribution in [3.63, 3.8) is 0 Å². The van der Waals surface area contributed by atoms with Gasteiger partial charge in [-0.1, -0.05) is 32.9 Å². The molecule has 5 nitrogen and oxygen atoms in total. The lowest BCUT2D eigenvalue weighted by molar-refractivity contribution is 0.107. The maximum absolute atomic E-state index is 13.5. The average molecular weight is 378 g/mol. The summed E-state index contributed by atoms with van der Waals surface area (Å²) < 4.78 is 13.5. The SMILES string of the molecule is CCN1CCN(C(C)CNC(=NC)NCC(C)(C)c2cccc(F)c2)CC1. The minimum absolute atomic E-state index is 0.193. The van der Waals surface area contributed by atoms with Crippen LogP contribution < -0.4 is 10.6 Å². The summed E-state index contributed by atoms with van der Waals surface area (Å²) in [6, 6.07) is 7.28. The van der Waals surface area contributed by atoms with E-state index in [0.29, 0.717) is 12.6 Å². The second kappa shape index (κ2) is 10.0. The molecule has 2 rings (SSSR count). The molecule has 1 saturated heterocycles. The van der Waals surface area contributed by atoms with Crippen molar-refractivity contribution < 1.29 is 4.39 Å². The molecule has 1 unspecified atom stereocenters. The molecule has 1 aliphatic rings. The smallest absolute Gasteiger partial charge is 0.191 e. The van der Waals surface area contributed by atoms with E-state index in [2.05, 4.69) is 53.1 Å². The van der Waals surface area contributed by atoms with Gasteiger partial charge in [0.1, 0.15) is 5.82 Å². The Hall–Kier alpha value is -1.66. The molecule has 6 heteroatoms. The molecule has 1 aromatic carbocycles. The molecule has 0 saturated carbocycles. The Kier molecular flexibility index (Phi) is 8.05. The van der Waals surface area contributed by atoms with Crippen LogP contribution >= 0.6 is 0 Å². The summed E-state index contributed by atoms with van der Waals surface area (Å²) in [5.74, 6) is 0.596. The molecule has 0 bridgehead atoms. The lowest BCUT2D eigenvalue weighted by Crippen LogP contribution is -2.53. The highest BCUT2D eigenvalue weighted by Crippen LogP contribution is 2.22. The van der Waals surface area contributed by atoms with Crippen LogP contribution in [-0.2, 0) is 5.41 Å². The monoisotopic (exact) mass is 377 g/mol. The van der Waals surface area contributed by atoms with Gasteiger partial charge in [-0.05, 0) is 31.2 Å².